The number of benzene rings is 3. The van der Waals surface area contributed by atoms with E-state index < -0.39 is 24.0 Å². The first kappa shape index (κ1) is 22.0. The molecule has 1 N–H and O–H groups in total. The quantitative estimate of drug-likeness (QED) is 0.411. The number of carbonyl (C=O) groups is 2. The van der Waals surface area contributed by atoms with Crippen LogP contribution in [0.25, 0.3) is 0 Å². The van der Waals surface area contributed by atoms with Gasteiger partial charge >= 0.3 is 0 Å². The van der Waals surface area contributed by atoms with E-state index in [-0.39, 0.29) is 11.7 Å². The Balaban J connectivity index is 1.47. The number of hydrogen-bond donors (Lipinski definition) is 1. The number of hydrogen-bond acceptors (Lipinski definition) is 6. The van der Waals surface area contributed by atoms with Gasteiger partial charge in [-0.1, -0.05) is 49.7 Å². The van der Waals surface area contributed by atoms with E-state index in [2.05, 4.69) is 6.92 Å². The van der Waals surface area contributed by atoms with Gasteiger partial charge in [0.2, 0.25) is 5.91 Å². The fraction of sp³-hybridized carbons (Fsp3) is 0.259. The van der Waals surface area contributed by atoms with Crippen LogP contribution in [0.3, 0.4) is 0 Å². The molecule has 3 aromatic carbocycles. The maximum Gasteiger partial charge on any atom is 0.266 e. The van der Waals surface area contributed by atoms with Gasteiger partial charge in [0.1, 0.15) is 17.4 Å². The summed E-state index contributed by atoms with van der Waals surface area (Å²) in [5.74, 6) is -0.851. The van der Waals surface area contributed by atoms with Gasteiger partial charge in [0, 0.05) is 5.56 Å². The molecule has 2 heterocycles. The molecule has 5 rings (SSSR count). The van der Waals surface area contributed by atoms with Crippen LogP contribution in [0, 0.1) is 5.92 Å². The van der Waals surface area contributed by atoms with Gasteiger partial charge in [-0.05, 0) is 48.9 Å². The Bertz CT molecular complexity index is 1180. The first-order chi connectivity index (χ1) is 16.6. The predicted molar refractivity (Wildman–Crippen MR) is 127 cm³/mol. The maximum atomic E-state index is 13.7. The molecular weight excluding hydrogens is 432 g/mol. The molecular formula is C27H26N2O5. The summed E-state index contributed by atoms with van der Waals surface area (Å²) in [6.45, 7) is 2.71. The Kier molecular flexibility index (Phi) is 5.94. The Morgan fingerprint density at radius 3 is 2.29 bits per heavy atom. The summed E-state index contributed by atoms with van der Waals surface area (Å²) in [6.07, 6.45) is 1.00. The van der Waals surface area contributed by atoms with Gasteiger partial charge in [-0.15, -0.1) is 0 Å². The van der Waals surface area contributed by atoms with Crippen molar-refractivity contribution in [1.82, 2.24) is 0 Å². The molecule has 3 atom stereocenters. The molecule has 174 valence electrons. The first-order valence-electron chi connectivity index (χ1n) is 11.5. The molecule has 3 aromatic rings. The number of nitrogens with zero attached hydrogens (tertiary/aromatic N) is 2. The van der Waals surface area contributed by atoms with Crippen LogP contribution in [-0.2, 0) is 14.4 Å². The lowest BCUT2D eigenvalue weighted by atomic mass is 9.90. The highest BCUT2D eigenvalue weighted by Crippen LogP contribution is 2.49. The van der Waals surface area contributed by atoms with Crippen molar-refractivity contribution >= 4 is 23.2 Å². The molecule has 0 unspecified atom stereocenters. The summed E-state index contributed by atoms with van der Waals surface area (Å²) in [4.78, 5) is 34.3. The van der Waals surface area contributed by atoms with Gasteiger partial charge in [0.05, 0.1) is 24.0 Å². The molecule has 0 aromatic heterocycles. The van der Waals surface area contributed by atoms with Crippen LogP contribution in [0.4, 0.5) is 11.4 Å². The molecule has 2 fully saturated rings. The van der Waals surface area contributed by atoms with Crippen LogP contribution < -0.4 is 14.7 Å². The number of unbranched alkanes of at least 4 members (excludes halogenated alkanes) is 1. The third-order valence-corrected chi connectivity index (χ3v) is 6.24. The van der Waals surface area contributed by atoms with Crippen LogP contribution in [-0.4, -0.2) is 29.6 Å². The number of hydroxylamine groups is 1. The molecule has 2 amide bonds. The smallest absolute Gasteiger partial charge is 0.266 e. The highest BCUT2D eigenvalue weighted by atomic mass is 16.7. The van der Waals surface area contributed by atoms with Crippen LogP contribution in [0.15, 0.2) is 78.9 Å². The summed E-state index contributed by atoms with van der Waals surface area (Å²) in [7, 11) is 0. The molecule has 0 radical (unpaired) electrons. The van der Waals surface area contributed by atoms with Crippen LogP contribution in [0.2, 0.25) is 0 Å². The third-order valence-electron chi connectivity index (χ3n) is 6.24. The number of phenolic OH excluding ortho intramolecular Hbond substituents is 1. The zero-order valence-corrected chi connectivity index (χ0v) is 18.8. The second-order valence-corrected chi connectivity index (χ2v) is 8.42. The van der Waals surface area contributed by atoms with Gasteiger partial charge in [0.15, 0.2) is 6.10 Å². The SMILES string of the molecule is CCCCOc1ccc(N2C(=O)[C@@H]3[C@H](ON(c4ccccc4)[C@@H]3c3ccccc3O)C2=O)cc1. The van der Waals surface area contributed by atoms with E-state index in [1.165, 1.54) is 4.90 Å². The van der Waals surface area contributed by atoms with Crippen molar-refractivity contribution in [1.29, 1.82) is 0 Å². The van der Waals surface area contributed by atoms with Crippen molar-refractivity contribution in [2.75, 3.05) is 16.6 Å². The number of fused-ring (bicyclic) bond motifs is 1. The number of imide groups is 1. The minimum absolute atomic E-state index is 0.0463. The zero-order valence-electron chi connectivity index (χ0n) is 18.8. The number of amides is 2. The van der Waals surface area contributed by atoms with E-state index in [9.17, 15) is 14.7 Å². The van der Waals surface area contributed by atoms with Crippen molar-refractivity contribution < 1.29 is 24.3 Å². The highest BCUT2D eigenvalue weighted by Gasteiger charge is 2.60. The molecule has 7 heteroatoms. The Morgan fingerprint density at radius 1 is 0.882 bits per heavy atom. The van der Waals surface area contributed by atoms with E-state index in [4.69, 9.17) is 9.57 Å². The summed E-state index contributed by atoms with van der Waals surface area (Å²) in [5.41, 5.74) is 1.70. The van der Waals surface area contributed by atoms with Gasteiger partial charge in [0.25, 0.3) is 5.91 Å². The number of phenols is 1. The maximum absolute atomic E-state index is 13.7. The summed E-state index contributed by atoms with van der Waals surface area (Å²) < 4.78 is 5.70. The molecule has 0 aliphatic carbocycles. The minimum Gasteiger partial charge on any atom is -0.508 e. The predicted octanol–water partition coefficient (Wildman–Crippen LogP) is 4.62. The van der Waals surface area contributed by atoms with Crippen molar-refractivity contribution in [2.24, 2.45) is 5.92 Å². The average molecular weight is 459 g/mol. The van der Waals surface area contributed by atoms with Gasteiger partial charge in [-0.3, -0.25) is 14.4 Å². The number of carbonyl (C=O) groups excluding carboxylic acids is 2. The van der Waals surface area contributed by atoms with Crippen molar-refractivity contribution in [3.05, 3.63) is 84.4 Å². The number of ether oxygens (including phenoxy) is 1. The topological polar surface area (TPSA) is 79.3 Å². The van der Waals surface area contributed by atoms with E-state index in [0.29, 0.717) is 29.3 Å². The van der Waals surface area contributed by atoms with E-state index in [1.807, 2.05) is 30.3 Å². The van der Waals surface area contributed by atoms with Crippen LogP contribution in [0.5, 0.6) is 11.5 Å². The van der Waals surface area contributed by atoms with Gasteiger partial charge < -0.3 is 9.84 Å². The second-order valence-electron chi connectivity index (χ2n) is 8.42. The highest BCUT2D eigenvalue weighted by molar-refractivity contribution is 6.24. The van der Waals surface area contributed by atoms with E-state index in [1.54, 1.807) is 53.6 Å². The lowest BCUT2D eigenvalue weighted by Crippen LogP contribution is -2.37. The Labute approximate surface area is 198 Å². The van der Waals surface area contributed by atoms with E-state index >= 15 is 0 Å². The first-order valence-corrected chi connectivity index (χ1v) is 11.5. The van der Waals surface area contributed by atoms with E-state index in [0.717, 1.165) is 12.8 Å². The molecule has 2 aliphatic heterocycles. The molecule has 0 bridgehead atoms. The van der Waals surface area contributed by atoms with Crippen LogP contribution >= 0.6 is 0 Å². The average Bonchev–Trinajstić information content (AvgIpc) is 3.36. The van der Waals surface area contributed by atoms with Gasteiger partial charge in [-0.2, -0.15) is 0 Å². The van der Waals surface area contributed by atoms with Gasteiger partial charge in [-0.25, -0.2) is 9.96 Å². The number of aromatic hydroxyl groups is 1. The summed E-state index contributed by atoms with van der Waals surface area (Å²) in [6, 6.07) is 22.4. The monoisotopic (exact) mass is 458 g/mol. The largest absolute Gasteiger partial charge is 0.508 e. The lowest BCUT2D eigenvalue weighted by Gasteiger charge is -2.29. The number of rotatable bonds is 7. The molecule has 0 saturated carbocycles. The summed E-state index contributed by atoms with van der Waals surface area (Å²) >= 11 is 0. The second kappa shape index (κ2) is 9.19. The van der Waals surface area contributed by atoms with Crippen molar-refractivity contribution in [3.8, 4) is 11.5 Å². The van der Waals surface area contributed by atoms with Crippen molar-refractivity contribution in [2.45, 2.75) is 31.9 Å². The summed E-state index contributed by atoms with van der Waals surface area (Å²) in [5, 5.41) is 12.2. The standard InChI is InChI=1S/C27H26N2O5/c1-2-3-17-33-20-15-13-18(14-16-20)28-26(31)23-24(21-11-7-8-12-22(21)30)29(34-25(23)27(28)32)19-9-5-4-6-10-19/h4-16,23-25,30H,2-3,17H2,1H3/t23-,24+,25-/m0/s1. The third kappa shape index (κ3) is 3.78. The number of anilines is 2. The zero-order chi connectivity index (χ0) is 23.7. The molecule has 34 heavy (non-hydrogen) atoms. The molecule has 2 aliphatic rings. The normalized spacial score (nSPS) is 21.7. The molecule has 0 spiro atoms. The molecule has 2 saturated heterocycles. The fourth-order valence-corrected chi connectivity index (χ4v) is 4.55. The molecule has 7 nitrogen and oxygen atoms in total. The minimum atomic E-state index is -0.988. The number of para-hydroxylation sites is 2. The lowest BCUT2D eigenvalue weighted by molar-refractivity contribution is -0.126. The Hall–Kier alpha value is -3.84. The Morgan fingerprint density at radius 2 is 1.59 bits per heavy atom. The van der Waals surface area contributed by atoms with Crippen LogP contribution in [0.1, 0.15) is 31.4 Å². The van der Waals surface area contributed by atoms with Crippen molar-refractivity contribution in [3.63, 3.8) is 0 Å². The fourth-order valence-electron chi connectivity index (χ4n) is 4.55.